The Labute approximate surface area is 200 Å². The Morgan fingerprint density at radius 1 is 1.11 bits per heavy atom. The lowest BCUT2D eigenvalue weighted by Crippen LogP contribution is -2.64. The summed E-state index contributed by atoms with van der Waals surface area (Å²) in [5.41, 5.74) is -0.231. The second kappa shape index (κ2) is 8.37. The highest BCUT2D eigenvalue weighted by Gasteiger charge is 2.53. The van der Waals surface area contributed by atoms with Crippen molar-refractivity contribution in [3.05, 3.63) is 65.2 Å². The summed E-state index contributed by atoms with van der Waals surface area (Å²) in [7, 11) is 0. The third kappa shape index (κ3) is 3.95. The predicted octanol–water partition coefficient (Wildman–Crippen LogP) is 3.60. The van der Waals surface area contributed by atoms with E-state index in [-0.39, 0.29) is 43.8 Å². The van der Waals surface area contributed by atoms with Crippen LogP contribution < -0.4 is 4.90 Å². The topological polar surface area (TPSA) is 70.2 Å². The molecule has 0 saturated carbocycles. The summed E-state index contributed by atoms with van der Waals surface area (Å²) in [4.78, 5) is 44.1. The van der Waals surface area contributed by atoms with Crippen molar-refractivity contribution in [2.45, 2.75) is 37.7 Å². The van der Waals surface area contributed by atoms with E-state index in [2.05, 4.69) is 0 Å². The van der Waals surface area contributed by atoms with E-state index in [0.717, 1.165) is 12.1 Å². The molecule has 0 spiro atoms. The van der Waals surface area contributed by atoms with E-state index in [4.69, 9.17) is 4.74 Å². The van der Waals surface area contributed by atoms with Crippen LogP contribution in [0.5, 0.6) is 0 Å². The molecule has 184 valence electrons. The minimum absolute atomic E-state index is 0.0985. The average molecular weight is 487 g/mol. The van der Waals surface area contributed by atoms with Crippen molar-refractivity contribution < 1.29 is 32.3 Å². The van der Waals surface area contributed by atoms with E-state index in [0.29, 0.717) is 29.8 Å². The molecule has 0 aromatic heterocycles. The van der Waals surface area contributed by atoms with E-state index in [1.165, 1.54) is 17.0 Å². The SMILES string of the molecule is CC12CCC(=O)N1c1ccccc1C(=O)N2CC(=O)N1CCOC(c2ccc(C(F)(F)F)cc2)C1. The second-order valence-electron chi connectivity index (χ2n) is 9.17. The van der Waals surface area contributed by atoms with Gasteiger partial charge in [0, 0.05) is 13.0 Å². The summed E-state index contributed by atoms with van der Waals surface area (Å²) in [5.74, 6) is -0.716. The minimum Gasteiger partial charge on any atom is -0.370 e. The first kappa shape index (κ1) is 23.3. The zero-order valence-corrected chi connectivity index (χ0v) is 19.0. The number of nitrogens with zero attached hydrogens (tertiary/aromatic N) is 3. The molecule has 5 rings (SSSR count). The Bertz CT molecular complexity index is 1180. The molecule has 2 atom stereocenters. The molecular formula is C25H24F3N3O4. The molecule has 3 amide bonds. The van der Waals surface area contributed by atoms with Gasteiger partial charge in [-0.1, -0.05) is 24.3 Å². The Kier molecular flexibility index (Phi) is 5.58. The van der Waals surface area contributed by atoms with Crippen molar-refractivity contribution in [1.29, 1.82) is 0 Å². The molecule has 0 aliphatic carbocycles. The quantitative estimate of drug-likeness (QED) is 0.664. The van der Waals surface area contributed by atoms with Crippen LogP contribution in [0.2, 0.25) is 0 Å². The largest absolute Gasteiger partial charge is 0.416 e. The second-order valence-corrected chi connectivity index (χ2v) is 9.17. The maximum Gasteiger partial charge on any atom is 0.416 e. The zero-order valence-electron chi connectivity index (χ0n) is 19.0. The standard InChI is InChI=1S/C25H24F3N3O4/c1-24-11-10-21(32)31(24)19-5-3-2-4-18(19)23(34)30(24)15-22(33)29-12-13-35-20(14-29)16-6-8-17(9-7-16)25(26,27)28/h2-9,20H,10-15H2,1H3. The van der Waals surface area contributed by atoms with E-state index in [9.17, 15) is 27.6 Å². The van der Waals surface area contributed by atoms with Crippen molar-refractivity contribution >= 4 is 23.4 Å². The van der Waals surface area contributed by atoms with E-state index < -0.39 is 23.5 Å². The van der Waals surface area contributed by atoms with Gasteiger partial charge in [-0.3, -0.25) is 19.3 Å². The third-order valence-electron chi connectivity index (χ3n) is 7.07. The average Bonchev–Trinajstić information content (AvgIpc) is 3.16. The smallest absolute Gasteiger partial charge is 0.370 e. The molecule has 2 saturated heterocycles. The summed E-state index contributed by atoms with van der Waals surface area (Å²) < 4.78 is 44.4. The van der Waals surface area contributed by atoms with Gasteiger partial charge in [0.1, 0.15) is 18.3 Å². The van der Waals surface area contributed by atoms with Gasteiger partial charge in [0.2, 0.25) is 11.8 Å². The number of amides is 3. The maximum absolute atomic E-state index is 13.4. The first-order valence-corrected chi connectivity index (χ1v) is 11.4. The van der Waals surface area contributed by atoms with Gasteiger partial charge in [-0.25, -0.2) is 0 Å². The van der Waals surface area contributed by atoms with Crippen LogP contribution in [0.25, 0.3) is 0 Å². The number of para-hydroxylation sites is 1. The van der Waals surface area contributed by atoms with Crippen LogP contribution >= 0.6 is 0 Å². The molecule has 7 nitrogen and oxygen atoms in total. The highest BCUT2D eigenvalue weighted by atomic mass is 19.4. The van der Waals surface area contributed by atoms with Gasteiger partial charge in [0.05, 0.1) is 30.0 Å². The fraction of sp³-hybridized carbons (Fsp3) is 0.400. The van der Waals surface area contributed by atoms with Gasteiger partial charge in [-0.05, 0) is 43.2 Å². The van der Waals surface area contributed by atoms with Crippen LogP contribution in [0, 0.1) is 0 Å². The third-order valence-corrected chi connectivity index (χ3v) is 7.07. The molecule has 3 aliphatic heterocycles. The number of carbonyl (C=O) groups is 3. The molecule has 2 aromatic carbocycles. The van der Waals surface area contributed by atoms with Gasteiger partial charge in [-0.2, -0.15) is 13.2 Å². The van der Waals surface area contributed by atoms with Crippen molar-refractivity contribution in [2.75, 3.05) is 31.1 Å². The number of halogens is 3. The molecule has 2 unspecified atom stereocenters. The molecular weight excluding hydrogens is 463 g/mol. The van der Waals surface area contributed by atoms with Crippen LogP contribution in [0.4, 0.5) is 18.9 Å². The molecule has 35 heavy (non-hydrogen) atoms. The molecule has 0 N–H and O–H groups in total. The summed E-state index contributed by atoms with van der Waals surface area (Å²) in [6.07, 6.45) is -4.32. The van der Waals surface area contributed by atoms with Gasteiger partial charge in [0.25, 0.3) is 5.91 Å². The van der Waals surface area contributed by atoms with Gasteiger partial charge in [0.15, 0.2) is 0 Å². The molecule has 2 fully saturated rings. The van der Waals surface area contributed by atoms with Crippen molar-refractivity contribution in [3.8, 4) is 0 Å². The normalized spacial score (nSPS) is 24.5. The van der Waals surface area contributed by atoms with Gasteiger partial charge < -0.3 is 14.5 Å². The Morgan fingerprint density at radius 3 is 2.54 bits per heavy atom. The first-order valence-electron chi connectivity index (χ1n) is 11.4. The number of rotatable bonds is 3. The molecule has 0 radical (unpaired) electrons. The fourth-order valence-corrected chi connectivity index (χ4v) is 5.14. The predicted molar refractivity (Wildman–Crippen MR) is 119 cm³/mol. The number of ether oxygens (including phenoxy) is 1. The lowest BCUT2D eigenvalue weighted by atomic mass is 9.98. The minimum atomic E-state index is -4.43. The zero-order chi connectivity index (χ0) is 25.0. The lowest BCUT2D eigenvalue weighted by molar-refractivity contribution is -0.141. The van der Waals surface area contributed by atoms with Gasteiger partial charge >= 0.3 is 6.18 Å². The first-order chi connectivity index (χ1) is 16.6. The Hall–Kier alpha value is -3.40. The summed E-state index contributed by atoms with van der Waals surface area (Å²) >= 11 is 0. The summed E-state index contributed by atoms with van der Waals surface area (Å²) in [5, 5.41) is 0. The highest BCUT2D eigenvalue weighted by Crippen LogP contribution is 2.44. The van der Waals surface area contributed by atoms with E-state index in [1.807, 2.05) is 0 Å². The molecule has 3 aliphatic rings. The van der Waals surface area contributed by atoms with Crippen LogP contribution in [-0.2, 0) is 20.5 Å². The number of alkyl halides is 3. The monoisotopic (exact) mass is 487 g/mol. The Morgan fingerprint density at radius 2 is 1.83 bits per heavy atom. The Balaban J connectivity index is 1.35. The summed E-state index contributed by atoms with van der Waals surface area (Å²) in [6, 6.07) is 11.6. The lowest BCUT2D eigenvalue weighted by Gasteiger charge is -2.49. The highest BCUT2D eigenvalue weighted by molar-refractivity contribution is 6.11. The molecule has 0 bridgehead atoms. The molecule has 3 heterocycles. The summed E-state index contributed by atoms with van der Waals surface area (Å²) in [6.45, 7) is 2.25. The number of anilines is 1. The number of carbonyl (C=O) groups excluding carboxylic acids is 3. The number of fused-ring (bicyclic) bond motifs is 3. The van der Waals surface area contributed by atoms with Crippen LogP contribution in [0.1, 0.15) is 47.4 Å². The van der Waals surface area contributed by atoms with Crippen LogP contribution in [0.3, 0.4) is 0 Å². The van der Waals surface area contributed by atoms with E-state index >= 15 is 0 Å². The fourth-order valence-electron chi connectivity index (χ4n) is 5.14. The number of benzene rings is 2. The van der Waals surface area contributed by atoms with E-state index in [1.54, 1.807) is 41.0 Å². The van der Waals surface area contributed by atoms with Crippen LogP contribution in [-0.4, -0.2) is 59.4 Å². The molecule has 2 aromatic rings. The number of morpholine rings is 1. The molecule has 10 heteroatoms. The van der Waals surface area contributed by atoms with Crippen molar-refractivity contribution in [3.63, 3.8) is 0 Å². The van der Waals surface area contributed by atoms with Gasteiger partial charge in [-0.15, -0.1) is 0 Å². The van der Waals surface area contributed by atoms with Crippen LogP contribution in [0.15, 0.2) is 48.5 Å². The number of hydrogen-bond donors (Lipinski definition) is 0. The number of hydrogen-bond acceptors (Lipinski definition) is 4. The van der Waals surface area contributed by atoms with Crippen molar-refractivity contribution in [1.82, 2.24) is 9.80 Å². The maximum atomic E-state index is 13.4. The van der Waals surface area contributed by atoms with Crippen molar-refractivity contribution in [2.24, 2.45) is 0 Å².